The largest absolute Gasteiger partial charge is 0.492 e. The first-order valence-corrected chi connectivity index (χ1v) is 11.5. The van der Waals surface area contributed by atoms with E-state index >= 15 is 0 Å². The van der Waals surface area contributed by atoms with Crippen LogP contribution in [0.25, 0.3) is 0 Å². The van der Waals surface area contributed by atoms with E-state index in [0.717, 1.165) is 15.6 Å². The first-order chi connectivity index (χ1) is 14.6. The van der Waals surface area contributed by atoms with Crippen molar-refractivity contribution in [3.8, 4) is 5.75 Å². The van der Waals surface area contributed by atoms with Crippen molar-refractivity contribution in [1.82, 2.24) is 4.31 Å². The van der Waals surface area contributed by atoms with Gasteiger partial charge in [-0.2, -0.15) is 4.31 Å². The lowest BCUT2D eigenvalue weighted by atomic mass is 10.1. The Morgan fingerprint density at radius 2 is 1.94 bits per heavy atom. The van der Waals surface area contributed by atoms with Crippen molar-refractivity contribution < 1.29 is 22.7 Å². The molecule has 1 heterocycles. The number of nitrogens with one attached hydrogen (secondary N) is 1. The van der Waals surface area contributed by atoms with Gasteiger partial charge in [-0.05, 0) is 56.2 Å². The highest BCUT2D eigenvalue weighted by Crippen LogP contribution is 2.34. The molecule has 0 fully saturated rings. The van der Waals surface area contributed by atoms with Gasteiger partial charge in [-0.3, -0.25) is 9.59 Å². The van der Waals surface area contributed by atoms with Crippen molar-refractivity contribution in [2.75, 3.05) is 30.4 Å². The summed E-state index contributed by atoms with van der Waals surface area (Å²) in [5, 5.41) is 2.70. The summed E-state index contributed by atoms with van der Waals surface area (Å²) in [4.78, 5) is 26.1. The number of likely N-dealkylation sites (N-methyl/N-ethyl adjacent to an activating group) is 1. The molecule has 1 aliphatic heterocycles. The Morgan fingerprint density at radius 3 is 2.61 bits per heavy atom. The molecule has 2 aromatic rings. The van der Waals surface area contributed by atoms with Gasteiger partial charge in [-0.25, -0.2) is 8.42 Å². The number of anilines is 2. The zero-order valence-corrected chi connectivity index (χ0v) is 18.9. The molecule has 0 saturated carbocycles. The van der Waals surface area contributed by atoms with Gasteiger partial charge in [0, 0.05) is 25.7 Å². The molecule has 0 aliphatic carbocycles. The molecular formula is C22H27N3O5S. The van der Waals surface area contributed by atoms with Crippen LogP contribution in [-0.4, -0.2) is 50.8 Å². The van der Waals surface area contributed by atoms with Gasteiger partial charge in [0.1, 0.15) is 5.75 Å². The molecule has 0 bridgehead atoms. The molecule has 0 spiro atoms. The van der Waals surface area contributed by atoms with E-state index in [9.17, 15) is 18.0 Å². The first-order valence-electron chi connectivity index (χ1n) is 10.1. The average molecular weight is 446 g/mol. The number of hydrogen-bond donors (Lipinski definition) is 1. The number of benzene rings is 2. The second-order valence-electron chi connectivity index (χ2n) is 7.47. The molecular weight excluding hydrogens is 418 g/mol. The Morgan fingerprint density at radius 1 is 1.23 bits per heavy atom. The Labute approximate surface area is 182 Å². The normalized spacial score (nSPS) is 15.6. The van der Waals surface area contributed by atoms with Crippen molar-refractivity contribution in [2.45, 2.75) is 38.1 Å². The van der Waals surface area contributed by atoms with E-state index in [-0.39, 0.29) is 23.4 Å². The number of amides is 2. The zero-order valence-electron chi connectivity index (χ0n) is 18.1. The number of ether oxygens (including phenoxy) is 1. The van der Waals surface area contributed by atoms with Crippen LogP contribution >= 0.6 is 0 Å². The van der Waals surface area contributed by atoms with Gasteiger partial charge in [0.25, 0.3) is 0 Å². The summed E-state index contributed by atoms with van der Waals surface area (Å²) in [6.07, 6.45) is 0.580. The van der Waals surface area contributed by atoms with E-state index < -0.39 is 15.9 Å². The number of sulfonamides is 1. The van der Waals surface area contributed by atoms with E-state index in [1.165, 1.54) is 20.0 Å². The van der Waals surface area contributed by atoms with Crippen LogP contribution in [0, 0.1) is 0 Å². The van der Waals surface area contributed by atoms with Gasteiger partial charge in [-0.15, -0.1) is 0 Å². The van der Waals surface area contributed by atoms with Gasteiger partial charge in [0.15, 0.2) is 0 Å². The number of carbonyl (C=O) groups excluding carboxylic acids is 2. The number of fused-ring (bicyclic) bond motifs is 1. The standard InChI is InChI=1S/C22H27N3O5S/c1-5-30-21-9-7-6-8-19(21)23-22(27)14-24(4)31(28,29)18-10-11-20-17(13-18)12-15(2)25(20)16(3)26/h6-11,13,15H,5,12,14H2,1-4H3,(H,23,27). The van der Waals surface area contributed by atoms with Crippen molar-refractivity contribution in [1.29, 1.82) is 0 Å². The summed E-state index contributed by atoms with van der Waals surface area (Å²) in [5.41, 5.74) is 2.01. The minimum Gasteiger partial charge on any atom is -0.492 e. The third-order valence-electron chi connectivity index (χ3n) is 5.14. The van der Waals surface area contributed by atoms with Crippen molar-refractivity contribution in [3.63, 3.8) is 0 Å². The Kier molecular flexibility index (Phi) is 6.66. The maximum Gasteiger partial charge on any atom is 0.243 e. The molecule has 31 heavy (non-hydrogen) atoms. The fourth-order valence-electron chi connectivity index (χ4n) is 3.76. The van der Waals surface area contributed by atoms with Gasteiger partial charge in [0.2, 0.25) is 21.8 Å². The molecule has 9 heteroatoms. The van der Waals surface area contributed by atoms with E-state index in [1.54, 1.807) is 41.3 Å². The molecule has 0 radical (unpaired) electrons. The van der Waals surface area contributed by atoms with Crippen LogP contribution in [0.15, 0.2) is 47.4 Å². The van der Waals surface area contributed by atoms with Crippen molar-refractivity contribution in [2.24, 2.45) is 0 Å². The fourth-order valence-corrected chi connectivity index (χ4v) is 4.93. The smallest absolute Gasteiger partial charge is 0.243 e. The number of nitrogens with zero attached hydrogens (tertiary/aromatic N) is 2. The lowest BCUT2D eigenvalue weighted by Gasteiger charge is -2.21. The number of carbonyl (C=O) groups is 2. The first kappa shape index (κ1) is 22.8. The molecule has 166 valence electrons. The van der Waals surface area contributed by atoms with Crippen LogP contribution in [0.5, 0.6) is 5.75 Å². The minimum absolute atomic E-state index is 0.0284. The van der Waals surface area contributed by atoms with Gasteiger partial charge >= 0.3 is 0 Å². The van der Waals surface area contributed by atoms with Gasteiger partial charge < -0.3 is 15.0 Å². The van der Waals surface area contributed by atoms with Crippen LogP contribution in [0.4, 0.5) is 11.4 Å². The molecule has 1 N–H and O–H groups in total. The lowest BCUT2D eigenvalue weighted by Crippen LogP contribution is -2.35. The van der Waals surface area contributed by atoms with Gasteiger partial charge in [0.05, 0.1) is 23.7 Å². The maximum absolute atomic E-state index is 13.0. The molecule has 1 unspecified atom stereocenters. The van der Waals surface area contributed by atoms with E-state index in [0.29, 0.717) is 24.5 Å². The van der Waals surface area contributed by atoms with Crippen LogP contribution in [-0.2, 0) is 26.0 Å². The van der Waals surface area contributed by atoms with E-state index in [2.05, 4.69) is 5.32 Å². The molecule has 8 nitrogen and oxygen atoms in total. The topological polar surface area (TPSA) is 96.0 Å². The average Bonchev–Trinajstić information content (AvgIpc) is 3.04. The summed E-state index contributed by atoms with van der Waals surface area (Å²) >= 11 is 0. The predicted octanol–water partition coefficient (Wildman–Crippen LogP) is 2.64. The highest BCUT2D eigenvalue weighted by atomic mass is 32.2. The molecule has 2 aromatic carbocycles. The number of hydrogen-bond acceptors (Lipinski definition) is 5. The van der Waals surface area contributed by atoms with E-state index in [1.807, 2.05) is 13.8 Å². The van der Waals surface area contributed by atoms with Crippen molar-refractivity contribution >= 4 is 33.2 Å². The SMILES string of the molecule is CCOc1ccccc1NC(=O)CN(C)S(=O)(=O)c1ccc2c(c1)CC(C)N2C(C)=O. The number of para-hydroxylation sites is 2. The quantitative estimate of drug-likeness (QED) is 0.707. The lowest BCUT2D eigenvalue weighted by molar-refractivity contribution is -0.117. The molecule has 2 amide bonds. The molecule has 0 saturated heterocycles. The fraction of sp³-hybridized carbons (Fsp3) is 0.364. The highest BCUT2D eigenvalue weighted by Gasteiger charge is 2.31. The van der Waals surface area contributed by atoms with Crippen LogP contribution in [0.2, 0.25) is 0 Å². The second kappa shape index (κ2) is 9.07. The zero-order chi connectivity index (χ0) is 22.8. The van der Waals surface area contributed by atoms with E-state index in [4.69, 9.17) is 4.74 Å². The maximum atomic E-state index is 13.0. The third kappa shape index (κ3) is 4.72. The Bertz CT molecular complexity index is 1100. The Balaban J connectivity index is 1.75. The number of rotatable bonds is 7. The third-order valence-corrected chi connectivity index (χ3v) is 6.94. The molecule has 0 aromatic heterocycles. The summed E-state index contributed by atoms with van der Waals surface area (Å²) in [7, 11) is -2.52. The second-order valence-corrected chi connectivity index (χ2v) is 9.52. The van der Waals surface area contributed by atoms with Crippen molar-refractivity contribution in [3.05, 3.63) is 48.0 Å². The molecule has 3 rings (SSSR count). The Hall–Kier alpha value is -2.91. The predicted molar refractivity (Wildman–Crippen MR) is 119 cm³/mol. The molecule has 1 aliphatic rings. The summed E-state index contributed by atoms with van der Waals surface area (Å²) < 4.78 is 32.5. The van der Waals surface area contributed by atoms with Crippen LogP contribution in [0.3, 0.4) is 0 Å². The summed E-state index contributed by atoms with van der Waals surface area (Å²) in [5.74, 6) is -0.0367. The van der Waals surface area contributed by atoms with Gasteiger partial charge in [-0.1, -0.05) is 12.1 Å². The minimum atomic E-state index is -3.89. The highest BCUT2D eigenvalue weighted by molar-refractivity contribution is 7.89. The van der Waals surface area contributed by atoms with Crippen LogP contribution < -0.4 is 15.0 Å². The molecule has 1 atom stereocenters. The monoisotopic (exact) mass is 445 g/mol. The summed E-state index contributed by atoms with van der Waals surface area (Å²) in [6.45, 7) is 5.35. The van der Waals surface area contributed by atoms with Crippen LogP contribution in [0.1, 0.15) is 26.3 Å². The summed E-state index contributed by atoms with van der Waals surface area (Å²) in [6, 6.07) is 11.7.